The van der Waals surface area contributed by atoms with Crippen LogP contribution in [0.1, 0.15) is 18.9 Å². The first-order valence-corrected chi connectivity index (χ1v) is 6.19. The van der Waals surface area contributed by atoms with Gasteiger partial charge in [0.05, 0.1) is 0 Å². The van der Waals surface area contributed by atoms with Crippen molar-refractivity contribution in [1.82, 2.24) is 4.90 Å². The van der Waals surface area contributed by atoms with Crippen molar-refractivity contribution in [2.24, 2.45) is 5.92 Å². The fraction of sp³-hybridized carbons (Fsp3) is 0.538. The normalized spacial score (nSPS) is 26.9. The highest BCUT2D eigenvalue weighted by atomic mass is 35.5. The Morgan fingerprint density at radius 3 is 2.69 bits per heavy atom. The zero-order valence-electron chi connectivity index (χ0n) is 9.50. The van der Waals surface area contributed by atoms with E-state index in [-0.39, 0.29) is 11.2 Å². The Balaban J connectivity index is 1.93. The van der Waals surface area contributed by atoms with Gasteiger partial charge in [-0.3, -0.25) is 4.90 Å². The summed E-state index contributed by atoms with van der Waals surface area (Å²) in [6.07, 6.45) is 1.15. The zero-order valence-corrected chi connectivity index (χ0v) is 10.3. The molecule has 88 valence electrons. The highest BCUT2D eigenvalue weighted by Gasteiger charge is 2.23. The monoisotopic (exact) mass is 241 g/mol. The van der Waals surface area contributed by atoms with Crippen LogP contribution in [0.3, 0.4) is 0 Å². The van der Waals surface area contributed by atoms with Crippen molar-refractivity contribution < 1.29 is 4.39 Å². The van der Waals surface area contributed by atoms with Gasteiger partial charge in [0.1, 0.15) is 5.82 Å². The number of hydrogen-bond donors (Lipinski definition) is 0. The van der Waals surface area contributed by atoms with Crippen LogP contribution < -0.4 is 0 Å². The van der Waals surface area contributed by atoms with Crippen molar-refractivity contribution >= 4 is 11.6 Å². The van der Waals surface area contributed by atoms with Gasteiger partial charge < -0.3 is 0 Å². The fourth-order valence-electron chi connectivity index (χ4n) is 2.08. The molecule has 0 radical (unpaired) electrons. The zero-order chi connectivity index (χ0) is 11.5. The van der Waals surface area contributed by atoms with Crippen LogP contribution in [0.15, 0.2) is 24.3 Å². The van der Waals surface area contributed by atoms with Crippen molar-refractivity contribution in [2.45, 2.75) is 25.3 Å². The Labute approximate surface area is 101 Å². The molecule has 2 atom stereocenters. The number of rotatable bonds is 2. The molecule has 2 unspecified atom stereocenters. The number of halogens is 2. The first kappa shape index (κ1) is 11.9. The molecule has 1 saturated heterocycles. The maximum atomic E-state index is 12.7. The molecule has 1 aromatic rings. The van der Waals surface area contributed by atoms with Crippen LogP contribution in [0.5, 0.6) is 0 Å². The molecule has 1 aromatic carbocycles. The Hall–Kier alpha value is -0.600. The standard InChI is InChI=1S/C13H17ClFN/c1-10-6-7-16(9-13(10)14)8-11-2-4-12(15)5-3-11/h2-5,10,13H,6-9H2,1H3. The molecule has 0 N–H and O–H groups in total. The van der Waals surface area contributed by atoms with Gasteiger partial charge in [-0.05, 0) is 36.6 Å². The van der Waals surface area contributed by atoms with E-state index in [0.717, 1.165) is 31.6 Å². The van der Waals surface area contributed by atoms with Crippen LogP contribution in [0.4, 0.5) is 4.39 Å². The molecule has 1 fully saturated rings. The highest BCUT2D eigenvalue weighted by Crippen LogP contribution is 2.22. The molecule has 3 heteroatoms. The summed E-state index contributed by atoms with van der Waals surface area (Å²) in [6.45, 7) is 5.09. The molecule has 0 amide bonds. The third kappa shape index (κ3) is 2.96. The SMILES string of the molecule is CC1CCN(Cc2ccc(F)cc2)CC1Cl. The van der Waals surface area contributed by atoms with Crippen LogP contribution in [-0.4, -0.2) is 23.4 Å². The number of alkyl halides is 1. The van der Waals surface area contributed by atoms with Crippen molar-refractivity contribution in [3.05, 3.63) is 35.6 Å². The highest BCUT2D eigenvalue weighted by molar-refractivity contribution is 6.21. The molecule has 0 aliphatic carbocycles. The smallest absolute Gasteiger partial charge is 0.123 e. The first-order chi connectivity index (χ1) is 7.65. The van der Waals surface area contributed by atoms with Crippen LogP contribution in [0.25, 0.3) is 0 Å². The summed E-state index contributed by atoms with van der Waals surface area (Å²) in [5, 5.41) is 0.245. The average Bonchev–Trinajstić information content (AvgIpc) is 2.27. The lowest BCUT2D eigenvalue weighted by Crippen LogP contribution is -2.39. The second-order valence-electron chi connectivity index (χ2n) is 4.64. The predicted molar refractivity (Wildman–Crippen MR) is 65.1 cm³/mol. The molecule has 1 heterocycles. The topological polar surface area (TPSA) is 3.24 Å². The molecule has 0 aromatic heterocycles. The molecule has 1 aliphatic rings. The van der Waals surface area contributed by atoms with Gasteiger partial charge in [-0.2, -0.15) is 0 Å². The molecule has 2 rings (SSSR count). The fourth-order valence-corrected chi connectivity index (χ4v) is 2.40. The predicted octanol–water partition coefficient (Wildman–Crippen LogP) is 3.27. The quantitative estimate of drug-likeness (QED) is 0.719. The minimum Gasteiger partial charge on any atom is -0.298 e. The van der Waals surface area contributed by atoms with Crippen LogP contribution in [-0.2, 0) is 6.54 Å². The Kier molecular flexibility index (Phi) is 3.82. The minimum atomic E-state index is -0.175. The molecule has 0 saturated carbocycles. The second-order valence-corrected chi connectivity index (χ2v) is 5.20. The van der Waals surface area contributed by atoms with Crippen molar-refractivity contribution in [2.75, 3.05) is 13.1 Å². The summed E-state index contributed by atoms with van der Waals surface area (Å²) < 4.78 is 12.7. The molecule has 0 bridgehead atoms. The van der Waals surface area contributed by atoms with E-state index < -0.39 is 0 Å². The maximum Gasteiger partial charge on any atom is 0.123 e. The Morgan fingerprint density at radius 1 is 1.38 bits per heavy atom. The van der Waals surface area contributed by atoms with Gasteiger partial charge in [-0.15, -0.1) is 11.6 Å². The van der Waals surface area contributed by atoms with E-state index >= 15 is 0 Å². The van der Waals surface area contributed by atoms with E-state index in [2.05, 4.69) is 11.8 Å². The van der Waals surface area contributed by atoms with Gasteiger partial charge in [0.2, 0.25) is 0 Å². The van der Waals surface area contributed by atoms with Crippen molar-refractivity contribution in [3.63, 3.8) is 0 Å². The lowest BCUT2D eigenvalue weighted by Gasteiger charge is -2.33. The number of benzene rings is 1. The molecule has 16 heavy (non-hydrogen) atoms. The maximum absolute atomic E-state index is 12.7. The second kappa shape index (κ2) is 5.15. The largest absolute Gasteiger partial charge is 0.298 e. The minimum absolute atomic E-state index is 0.175. The van der Waals surface area contributed by atoms with E-state index in [4.69, 9.17) is 11.6 Å². The third-order valence-electron chi connectivity index (χ3n) is 3.27. The lowest BCUT2D eigenvalue weighted by atomic mass is 9.98. The van der Waals surface area contributed by atoms with E-state index in [1.54, 1.807) is 0 Å². The summed E-state index contributed by atoms with van der Waals surface area (Å²) in [4.78, 5) is 2.34. The number of nitrogens with zero attached hydrogens (tertiary/aromatic N) is 1. The van der Waals surface area contributed by atoms with Crippen molar-refractivity contribution in [1.29, 1.82) is 0 Å². The van der Waals surface area contributed by atoms with Crippen molar-refractivity contribution in [3.8, 4) is 0 Å². The van der Waals surface area contributed by atoms with Gasteiger partial charge in [0.25, 0.3) is 0 Å². The number of hydrogen-bond acceptors (Lipinski definition) is 1. The third-order valence-corrected chi connectivity index (χ3v) is 3.84. The van der Waals surface area contributed by atoms with Gasteiger partial charge in [-0.1, -0.05) is 19.1 Å². The van der Waals surface area contributed by atoms with E-state index in [1.165, 1.54) is 12.1 Å². The van der Waals surface area contributed by atoms with E-state index in [9.17, 15) is 4.39 Å². The molecule has 1 nitrogen and oxygen atoms in total. The first-order valence-electron chi connectivity index (χ1n) is 5.76. The van der Waals surface area contributed by atoms with Crippen LogP contribution >= 0.6 is 11.6 Å². The van der Waals surface area contributed by atoms with Crippen LogP contribution in [0, 0.1) is 11.7 Å². The van der Waals surface area contributed by atoms with Crippen LogP contribution in [0.2, 0.25) is 0 Å². The Bertz CT molecular complexity index is 338. The summed E-state index contributed by atoms with van der Waals surface area (Å²) in [5.74, 6) is 0.428. The number of likely N-dealkylation sites (tertiary alicyclic amines) is 1. The average molecular weight is 242 g/mol. The summed E-state index contributed by atoms with van der Waals surface area (Å²) >= 11 is 6.25. The summed E-state index contributed by atoms with van der Waals surface area (Å²) in [5.41, 5.74) is 1.15. The number of piperidine rings is 1. The van der Waals surface area contributed by atoms with Gasteiger partial charge in [0, 0.05) is 18.5 Å². The van der Waals surface area contributed by atoms with Gasteiger partial charge in [0.15, 0.2) is 0 Å². The Morgan fingerprint density at radius 2 is 2.06 bits per heavy atom. The van der Waals surface area contributed by atoms with Gasteiger partial charge >= 0.3 is 0 Å². The molecule has 0 spiro atoms. The molecular weight excluding hydrogens is 225 g/mol. The molecular formula is C13H17ClFN. The molecule has 1 aliphatic heterocycles. The lowest BCUT2D eigenvalue weighted by molar-refractivity contribution is 0.189. The van der Waals surface area contributed by atoms with E-state index in [0.29, 0.717) is 5.92 Å². The summed E-state index contributed by atoms with van der Waals surface area (Å²) in [6, 6.07) is 6.72. The van der Waals surface area contributed by atoms with E-state index in [1.807, 2.05) is 12.1 Å². The van der Waals surface area contributed by atoms with Gasteiger partial charge in [-0.25, -0.2) is 4.39 Å². The summed E-state index contributed by atoms with van der Waals surface area (Å²) in [7, 11) is 0.